The smallest absolute Gasteiger partial charge is 0.262 e. The van der Waals surface area contributed by atoms with Gasteiger partial charge in [-0.3, -0.25) is 9.78 Å². The van der Waals surface area contributed by atoms with Crippen LogP contribution in [0, 0.1) is 13.8 Å². The molecule has 4 aromatic rings. The summed E-state index contributed by atoms with van der Waals surface area (Å²) >= 11 is 5.90. The molecule has 7 nitrogen and oxygen atoms in total. The highest BCUT2D eigenvalue weighted by atomic mass is 32.1. The van der Waals surface area contributed by atoms with Crippen molar-refractivity contribution in [3.8, 4) is 5.75 Å². The molecule has 2 fully saturated rings. The summed E-state index contributed by atoms with van der Waals surface area (Å²) in [6.45, 7) is 4.34. The molecule has 0 radical (unpaired) electrons. The average Bonchev–Trinajstić information content (AvgIpc) is 3.67. The molecule has 6 rings (SSSR count). The van der Waals surface area contributed by atoms with Crippen molar-refractivity contribution < 1.29 is 9.53 Å². The van der Waals surface area contributed by atoms with Crippen LogP contribution in [0.5, 0.6) is 5.75 Å². The molecule has 198 valence electrons. The van der Waals surface area contributed by atoms with Crippen LogP contribution >= 0.6 is 12.2 Å². The number of benzene rings is 2. The molecule has 8 heteroatoms. The van der Waals surface area contributed by atoms with Crippen molar-refractivity contribution in [3.63, 3.8) is 0 Å². The molecule has 0 spiro atoms. The van der Waals surface area contributed by atoms with E-state index in [4.69, 9.17) is 17.0 Å². The van der Waals surface area contributed by atoms with Gasteiger partial charge >= 0.3 is 0 Å². The van der Waals surface area contributed by atoms with Crippen LogP contribution in [0.3, 0.4) is 0 Å². The number of aryl methyl sites for hydroxylation is 1. The van der Waals surface area contributed by atoms with Crippen LogP contribution in [0.2, 0.25) is 0 Å². The number of ether oxygens (including phenoxy) is 1. The fourth-order valence-corrected chi connectivity index (χ4v) is 5.86. The summed E-state index contributed by atoms with van der Waals surface area (Å²) in [6.07, 6.45) is 4.29. The second kappa shape index (κ2) is 10.5. The van der Waals surface area contributed by atoms with Crippen LogP contribution in [0.25, 0.3) is 0 Å². The molecule has 3 heterocycles. The van der Waals surface area contributed by atoms with Crippen LogP contribution in [0.4, 0.5) is 11.4 Å². The standard InChI is InChI=1S/C31H31N5O2S/c1-20-18-26(21(2)35(20)23-15-16-23)30-29(27-10-6-7-17-32-27)34-31(39)36(30)24-13-11-22(12-14-24)33-28(37)19-38-25-8-4-3-5-9-25/h3-14,17-18,23,29-30H,15-16,19H2,1-2H3,(H,33,37)(H,34,39)/t29-,30-/m1/s1. The Kier molecular flexibility index (Phi) is 6.79. The number of hydrogen-bond donors (Lipinski definition) is 2. The molecule has 39 heavy (non-hydrogen) atoms. The van der Waals surface area contributed by atoms with Crippen molar-refractivity contribution in [1.82, 2.24) is 14.9 Å². The molecule has 0 bridgehead atoms. The normalized spacial score (nSPS) is 18.6. The molecule has 2 atom stereocenters. The molecular formula is C31H31N5O2S. The first-order valence-electron chi connectivity index (χ1n) is 13.3. The van der Waals surface area contributed by atoms with Gasteiger partial charge in [-0.15, -0.1) is 0 Å². The number of thiocarbonyl (C=S) groups is 1. The highest BCUT2D eigenvalue weighted by Gasteiger charge is 2.43. The molecule has 0 unspecified atom stereocenters. The van der Waals surface area contributed by atoms with Crippen molar-refractivity contribution in [2.45, 2.75) is 44.8 Å². The molecule has 2 aromatic heterocycles. The van der Waals surface area contributed by atoms with Crippen molar-refractivity contribution >= 4 is 34.6 Å². The molecule has 1 saturated heterocycles. The molecule has 1 saturated carbocycles. The van der Waals surface area contributed by atoms with Gasteiger partial charge < -0.3 is 24.8 Å². The van der Waals surface area contributed by atoms with Gasteiger partial charge in [0.25, 0.3) is 5.91 Å². The summed E-state index contributed by atoms with van der Waals surface area (Å²) in [5.74, 6) is 0.443. The predicted octanol–water partition coefficient (Wildman–Crippen LogP) is 6.03. The van der Waals surface area contributed by atoms with E-state index in [0.717, 1.165) is 11.4 Å². The van der Waals surface area contributed by atoms with Crippen LogP contribution in [0.1, 0.15) is 53.6 Å². The van der Waals surface area contributed by atoms with Crippen molar-refractivity contribution in [2.24, 2.45) is 0 Å². The number of carbonyl (C=O) groups is 1. The number of nitrogens with zero attached hydrogens (tertiary/aromatic N) is 3. The topological polar surface area (TPSA) is 71.4 Å². The quantitative estimate of drug-likeness (QED) is 0.268. The Bertz CT molecular complexity index is 1480. The second-order valence-corrected chi connectivity index (χ2v) is 10.5. The third kappa shape index (κ3) is 5.12. The molecule has 2 aromatic carbocycles. The minimum absolute atomic E-state index is 0.0592. The Morgan fingerprint density at radius 1 is 1.05 bits per heavy atom. The van der Waals surface area contributed by atoms with Gasteiger partial charge in [0.1, 0.15) is 5.75 Å². The van der Waals surface area contributed by atoms with Gasteiger partial charge in [-0.2, -0.15) is 0 Å². The number of hydrogen-bond acceptors (Lipinski definition) is 4. The van der Waals surface area contributed by atoms with E-state index >= 15 is 0 Å². The molecule has 1 amide bonds. The van der Waals surface area contributed by atoms with Gasteiger partial charge in [0.2, 0.25) is 0 Å². The van der Waals surface area contributed by atoms with Gasteiger partial charge in [-0.25, -0.2) is 0 Å². The number of amides is 1. The molecule has 2 aliphatic rings. The van der Waals surface area contributed by atoms with E-state index < -0.39 is 0 Å². The number of para-hydroxylation sites is 1. The van der Waals surface area contributed by atoms with Crippen LogP contribution in [0.15, 0.2) is 85.1 Å². The van der Waals surface area contributed by atoms with E-state index in [1.165, 1.54) is 29.8 Å². The molecule has 2 N–H and O–H groups in total. The predicted molar refractivity (Wildman–Crippen MR) is 157 cm³/mol. The Balaban J connectivity index is 1.26. The van der Waals surface area contributed by atoms with E-state index in [0.29, 0.717) is 22.6 Å². The lowest BCUT2D eigenvalue weighted by Gasteiger charge is -2.28. The van der Waals surface area contributed by atoms with Crippen LogP contribution in [-0.4, -0.2) is 27.2 Å². The highest BCUT2D eigenvalue weighted by molar-refractivity contribution is 7.80. The first-order valence-corrected chi connectivity index (χ1v) is 13.7. The maximum atomic E-state index is 12.5. The molecule has 1 aliphatic carbocycles. The fraction of sp³-hybridized carbons (Fsp3) is 0.258. The van der Waals surface area contributed by atoms with E-state index in [-0.39, 0.29) is 24.6 Å². The fourth-order valence-electron chi connectivity index (χ4n) is 5.51. The summed E-state index contributed by atoms with van der Waals surface area (Å²) in [5.41, 5.74) is 6.40. The lowest BCUT2D eigenvalue weighted by molar-refractivity contribution is -0.118. The van der Waals surface area contributed by atoms with Crippen molar-refractivity contribution in [1.29, 1.82) is 0 Å². The maximum absolute atomic E-state index is 12.5. The van der Waals surface area contributed by atoms with E-state index in [1.54, 1.807) is 0 Å². The number of nitrogens with one attached hydrogen (secondary N) is 2. The zero-order chi connectivity index (χ0) is 26.9. The third-order valence-electron chi connectivity index (χ3n) is 7.39. The van der Waals surface area contributed by atoms with Gasteiger partial charge in [-0.1, -0.05) is 24.3 Å². The maximum Gasteiger partial charge on any atom is 0.262 e. The number of carbonyl (C=O) groups excluding carboxylic acids is 1. The zero-order valence-corrected chi connectivity index (χ0v) is 22.8. The Labute approximate surface area is 233 Å². The number of anilines is 2. The summed E-state index contributed by atoms with van der Waals surface area (Å²) in [7, 11) is 0. The van der Waals surface area contributed by atoms with Crippen LogP contribution in [-0.2, 0) is 4.79 Å². The lowest BCUT2D eigenvalue weighted by Crippen LogP contribution is -2.29. The SMILES string of the molecule is Cc1cc([C@@H]2[C@@H](c3ccccn3)NC(=S)N2c2ccc(NC(=O)COc3ccccc3)cc2)c(C)n1C1CC1. The van der Waals surface area contributed by atoms with Gasteiger partial charge in [0.05, 0.1) is 17.8 Å². The average molecular weight is 538 g/mol. The highest BCUT2D eigenvalue weighted by Crippen LogP contribution is 2.46. The van der Waals surface area contributed by atoms with Gasteiger partial charge in [-0.05, 0) is 99.1 Å². The monoisotopic (exact) mass is 537 g/mol. The summed E-state index contributed by atoms with van der Waals surface area (Å²) in [5, 5.41) is 7.11. The van der Waals surface area contributed by atoms with E-state index in [1.807, 2.05) is 79.0 Å². The number of rotatable bonds is 8. The Morgan fingerprint density at radius 3 is 2.49 bits per heavy atom. The van der Waals surface area contributed by atoms with Crippen LogP contribution < -0.4 is 20.3 Å². The molecule has 1 aliphatic heterocycles. The summed E-state index contributed by atoms with van der Waals surface area (Å²) in [4.78, 5) is 19.3. The molecular weight excluding hydrogens is 506 g/mol. The van der Waals surface area contributed by atoms with Gasteiger partial charge in [0.15, 0.2) is 11.7 Å². The Hall–Kier alpha value is -4.17. The van der Waals surface area contributed by atoms with Gasteiger partial charge in [0, 0.05) is 35.0 Å². The number of pyridine rings is 1. The number of aromatic nitrogens is 2. The first-order chi connectivity index (χ1) is 19.0. The summed E-state index contributed by atoms with van der Waals surface area (Å²) in [6, 6.07) is 25.8. The minimum atomic E-state index is -0.217. The third-order valence-corrected chi connectivity index (χ3v) is 7.71. The second-order valence-electron chi connectivity index (χ2n) is 10.1. The van der Waals surface area contributed by atoms with Crippen molar-refractivity contribution in [2.75, 3.05) is 16.8 Å². The lowest BCUT2D eigenvalue weighted by atomic mass is 9.96. The van der Waals surface area contributed by atoms with E-state index in [9.17, 15) is 4.79 Å². The first kappa shape index (κ1) is 25.1. The van der Waals surface area contributed by atoms with E-state index in [2.05, 4.69) is 45.0 Å². The Morgan fingerprint density at radius 2 is 1.79 bits per heavy atom. The summed E-state index contributed by atoms with van der Waals surface area (Å²) < 4.78 is 8.04. The minimum Gasteiger partial charge on any atom is -0.484 e. The zero-order valence-electron chi connectivity index (χ0n) is 22.0. The largest absolute Gasteiger partial charge is 0.484 e. The van der Waals surface area contributed by atoms with Crippen molar-refractivity contribution in [3.05, 3.63) is 108 Å².